The minimum atomic E-state index is -0.390. The fourth-order valence-electron chi connectivity index (χ4n) is 3.04. The molecule has 0 saturated carbocycles. The molecule has 1 atom stereocenters. The molecule has 1 aromatic heterocycles. The predicted molar refractivity (Wildman–Crippen MR) is 92.7 cm³/mol. The van der Waals surface area contributed by atoms with Gasteiger partial charge in [0.05, 0.1) is 25.3 Å². The predicted octanol–water partition coefficient (Wildman–Crippen LogP) is 2.34. The topological polar surface area (TPSA) is 86.7 Å². The minimum Gasteiger partial charge on any atom is -0.493 e. The van der Waals surface area contributed by atoms with E-state index in [1.807, 2.05) is 47.0 Å². The third-order valence-corrected chi connectivity index (χ3v) is 4.05. The highest BCUT2D eigenvalue weighted by atomic mass is 16.5. The molecular weight excluding hydrogens is 306 g/mol. The van der Waals surface area contributed by atoms with Gasteiger partial charge in [-0.05, 0) is 18.2 Å². The third-order valence-electron chi connectivity index (χ3n) is 4.05. The summed E-state index contributed by atoms with van der Waals surface area (Å²) in [6.07, 6.45) is -0.390. The molecule has 0 aliphatic carbocycles. The van der Waals surface area contributed by atoms with Gasteiger partial charge in [-0.2, -0.15) is 0 Å². The molecule has 1 aliphatic rings. The SMILES string of the molecule is COc1cccc([C@@H]2N=C(N)Nc3nc4ccccc4n32)c1OC. The smallest absolute Gasteiger partial charge is 0.212 e. The number of fused-ring (bicyclic) bond motifs is 3. The molecule has 2 heterocycles. The Labute approximate surface area is 138 Å². The van der Waals surface area contributed by atoms with Gasteiger partial charge in [-0.1, -0.05) is 24.3 Å². The van der Waals surface area contributed by atoms with Crippen molar-refractivity contribution in [2.24, 2.45) is 10.7 Å². The normalized spacial score (nSPS) is 16.2. The Bertz CT molecular complexity index is 947. The average molecular weight is 323 g/mol. The highest BCUT2D eigenvalue weighted by Gasteiger charge is 2.28. The molecule has 0 radical (unpaired) electrons. The van der Waals surface area contributed by atoms with Crippen LogP contribution in [0.1, 0.15) is 11.7 Å². The average Bonchev–Trinajstić information content (AvgIpc) is 2.98. The van der Waals surface area contributed by atoms with E-state index < -0.39 is 6.17 Å². The van der Waals surface area contributed by atoms with Crippen molar-refractivity contribution in [2.45, 2.75) is 6.17 Å². The number of hydrogen-bond acceptors (Lipinski definition) is 6. The highest BCUT2D eigenvalue weighted by molar-refractivity contribution is 5.94. The molecule has 0 amide bonds. The summed E-state index contributed by atoms with van der Waals surface area (Å²) >= 11 is 0. The number of hydrogen-bond donors (Lipinski definition) is 2. The maximum atomic E-state index is 5.97. The summed E-state index contributed by atoms with van der Waals surface area (Å²) in [6, 6.07) is 13.6. The van der Waals surface area contributed by atoms with E-state index in [1.165, 1.54) is 0 Å². The quantitative estimate of drug-likeness (QED) is 0.772. The van der Waals surface area contributed by atoms with E-state index in [2.05, 4.69) is 15.3 Å². The Kier molecular flexibility index (Phi) is 3.26. The van der Waals surface area contributed by atoms with Crippen LogP contribution in [0.5, 0.6) is 11.5 Å². The van der Waals surface area contributed by atoms with E-state index >= 15 is 0 Å². The molecule has 1 aliphatic heterocycles. The number of nitrogens with zero attached hydrogens (tertiary/aromatic N) is 3. The molecule has 0 saturated heterocycles. The zero-order valence-corrected chi connectivity index (χ0v) is 13.4. The lowest BCUT2D eigenvalue weighted by Crippen LogP contribution is -2.31. The molecule has 3 aromatic rings. The van der Waals surface area contributed by atoms with Crippen molar-refractivity contribution in [3.8, 4) is 11.5 Å². The molecule has 3 N–H and O–H groups in total. The Morgan fingerprint density at radius 1 is 1.08 bits per heavy atom. The summed E-state index contributed by atoms with van der Waals surface area (Å²) in [4.78, 5) is 9.17. The van der Waals surface area contributed by atoms with E-state index in [9.17, 15) is 0 Å². The van der Waals surface area contributed by atoms with Crippen LogP contribution in [-0.2, 0) is 0 Å². The number of ether oxygens (including phenoxy) is 2. The number of rotatable bonds is 3. The number of imidazole rings is 1. The largest absolute Gasteiger partial charge is 0.493 e. The maximum Gasteiger partial charge on any atom is 0.212 e. The fraction of sp³-hybridized carbons (Fsp3) is 0.176. The van der Waals surface area contributed by atoms with Gasteiger partial charge in [0.1, 0.15) is 0 Å². The Morgan fingerprint density at radius 2 is 1.92 bits per heavy atom. The first kappa shape index (κ1) is 14.4. The molecule has 0 unspecified atom stereocenters. The van der Waals surface area contributed by atoms with Gasteiger partial charge in [0, 0.05) is 5.56 Å². The number of nitrogens with one attached hydrogen (secondary N) is 1. The number of aromatic nitrogens is 2. The van der Waals surface area contributed by atoms with E-state index in [0.717, 1.165) is 16.6 Å². The molecule has 0 bridgehead atoms. The van der Waals surface area contributed by atoms with Gasteiger partial charge in [-0.15, -0.1) is 0 Å². The molecule has 7 heteroatoms. The van der Waals surface area contributed by atoms with Crippen molar-refractivity contribution in [3.05, 3.63) is 48.0 Å². The number of nitrogens with two attached hydrogens (primary N) is 1. The van der Waals surface area contributed by atoms with Gasteiger partial charge in [0.25, 0.3) is 0 Å². The van der Waals surface area contributed by atoms with Gasteiger partial charge < -0.3 is 15.2 Å². The lowest BCUT2D eigenvalue weighted by Gasteiger charge is -2.25. The van der Waals surface area contributed by atoms with Crippen LogP contribution >= 0.6 is 0 Å². The van der Waals surface area contributed by atoms with Gasteiger partial charge in [0.15, 0.2) is 23.6 Å². The number of methoxy groups -OCH3 is 2. The number of aliphatic imine (C=N–C) groups is 1. The highest BCUT2D eigenvalue weighted by Crippen LogP contribution is 2.40. The first-order chi connectivity index (χ1) is 11.7. The van der Waals surface area contributed by atoms with Crippen LogP contribution in [0.2, 0.25) is 0 Å². The van der Waals surface area contributed by atoms with E-state index in [4.69, 9.17) is 15.2 Å². The van der Waals surface area contributed by atoms with Crippen LogP contribution in [-0.4, -0.2) is 29.7 Å². The number of anilines is 1. The first-order valence-electron chi connectivity index (χ1n) is 7.51. The first-order valence-corrected chi connectivity index (χ1v) is 7.51. The molecule has 4 rings (SSSR count). The van der Waals surface area contributed by atoms with Crippen molar-refractivity contribution in [1.29, 1.82) is 0 Å². The number of para-hydroxylation sites is 3. The Morgan fingerprint density at radius 3 is 2.71 bits per heavy atom. The van der Waals surface area contributed by atoms with Crippen LogP contribution in [0.15, 0.2) is 47.5 Å². The van der Waals surface area contributed by atoms with Gasteiger partial charge in [0.2, 0.25) is 5.95 Å². The molecule has 7 nitrogen and oxygen atoms in total. The van der Waals surface area contributed by atoms with Crippen molar-refractivity contribution < 1.29 is 9.47 Å². The monoisotopic (exact) mass is 323 g/mol. The lowest BCUT2D eigenvalue weighted by atomic mass is 10.1. The number of guanidine groups is 1. The molecule has 0 fully saturated rings. The van der Waals surface area contributed by atoms with Crippen molar-refractivity contribution in [1.82, 2.24) is 9.55 Å². The second-order valence-electron chi connectivity index (χ2n) is 5.39. The molecule has 2 aromatic carbocycles. The van der Waals surface area contributed by atoms with Gasteiger partial charge in [-0.25, -0.2) is 9.98 Å². The summed E-state index contributed by atoms with van der Waals surface area (Å²) in [5.41, 5.74) is 8.66. The van der Waals surface area contributed by atoms with Crippen LogP contribution in [0.3, 0.4) is 0 Å². The van der Waals surface area contributed by atoms with Crippen LogP contribution in [0.25, 0.3) is 11.0 Å². The second kappa shape index (κ2) is 5.45. The Hall–Kier alpha value is -3.22. The summed E-state index contributed by atoms with van der Waals surface area (Å²) in [5, 5.41) is 3.02. The zero-order chi connectivity index (χ0) is 16.7. The third kappa shape index (κ3) is 2.05. The van der Waals surface area contributed by atoms with E-state index in [-0.39, 0.29) is 0 Å². The van der Waals surface area contributed by atoms with Crippen LogP contribution in [0.4, 0.5) is 5.95 Å². The Balaban J connectivity index is 1.98. The maximum absolute atomic E-state index is 5.97. The molecule has 122 valence electrons. The van der Waals surface area contributed by atoms with Crippen molar-refractivity contribution in [3.63, 3.8) is 0 Å². The minimum absolute atomic E-state index is 0.313. The van der Waals surface area contributed by atoms with Crippen molar-refractivity contribution >= 4 is 22.9 Å². The van der Waals surface area contributed by atoms with E-state index in [0.29, 0.717) is 23.4 Å². The van der Waals surface area contributed by atoms with Crippen LogP contribution in [0, 0.1) is 0 Å². The van der Waals surface area contributed by atoms with Gasteiger partial charge >= 0.3 is 0 Å². The molecular formula is C17H17N5O2. The summed E-state index contributed by atoms with van der Waals surface area (Å²) < 4.78 is 13.0. The number of benzene rings is 2. The summed E-state index contributed by atoms with van der Waals surface area (Å²) in [7, 11) is 3.22. The van der Waals surface area contributed by atoms with Crippen molar-refractivity contribution in [2.75, 3.05) is 19.5 Å². The lowest BCUT2D eigenvalue weighted by molar-refractivity contribution is 0.348. The van der Waals surface area contributed by atoms with Gasteiger partial charge in [-0.3, -0.25) is 9.88 Å². The molecule has 24 heavy (non-hydrogen) atoms. The zero-order valence-electron chi connectivity index (χ0n) is 13.4. The molecule has 0 spiro atoms. The van der Waals surface area contributed by atoms with Crippen LogP contribution < -0.4 is 20.5 Å². The summed E-state index contributed by atoms with van der Waals surface area (Å²) in [5.74, 6) is 2.24. The fourth-order valence-corrected chi connectivity index (χ4v) is 3.04. The second-order valence-corrected chi connectivity index (χ2v) is 5.39. The van der Waals surface area contributed by atoms with E-state index in [1.54, 1.807) is 14.2 Å². The summed E-state index contributed by atoms with van der Waals surface area (Å²) in [6.45, 7) is 0. The standard InChI is InChI=1S/C17H17N5O2/c1-23-13-9-5-6-10(14(13)24-2)15-20-16(18)21-17-19-11-7-3-4-8-12(11)22(15)17/h3-9,15H,1-2H3,(H3,18,19,20,21)/t15-/m1/s1.